The molecule has 4 rings (SSSR count). The van der Waals surface area contributed by atoms with E-state index >= 15 is 0 Å². The highest BCUT2D eigenvalue weighted by atomic mass is 32.1. The zero-order valence-electron chi connectivity index (χ0n) is 15.1. The van der Waals surface area contributed by atoms with E-state index in [1.54, 1.807) is 24.5 Å². The number of carbonyl (C=O) groups is 1. The summed E-state index contributed by atoms with van der Waals surface area (Å²) in [5.74, 6) is 0.729. The van der Waals surface area contributed by atoms with Crippen LogP contribution in [0.1, 0.15) is 32.6 Å². The second kappa shape index (κ2) is 8.06. The van der Waals surface area contributed by atoms with Crippen molar-refractivity contribution < 1.29 is 9.21 Å². The van der Waals surface area contributed by atoms with Gasteiger partial charge in [0.15, 0.2) is 5.76 Å². The molecule has 7 heteroatoms. The average Bonchev–Trinajstić information content (AvgIpc) is 3.38. The summed E-state index contributed by atoms with van der Waals surface area (Å²) in [6.07, 6.45) is 6.77. The Morgan fingerprint density at radius 3 is 2.79 bits per heavy atom. The smallest absolute Gasteiger partial charge is 0.291 e. The number of hydrogen-bond acceptors (Lipinski definition) is 6. The highest BCUT2D eigenvalue weighted by Crippen LogP contribution is 2.37. The van der Waals surface area contributed by atoms with Gasteiger partial charge in [-0.25, -0.2) is 4.98 Å². The molecule has 0 aliphatic carbocycles. The van der Waals surface area contributed by atoms with Gasteiger partial charge in [-0.1, -0.05) is 12.1 Å². The SMILES string of the molecule is Cc1cc(C(Nc2ccccn2)c2cccnc2)c(NC(=O)c2ccco2)s1. The normalized spacial score (nSPS) is 11.8. The first-order chi connectivity index (χ1) is 13.7. The number of hydrogen-bond donors (Lipinski definition) is 2. The largest absolute Gasteiger partial charge is 0.459 e. The van der Waals surface area contributed by atoms with Gasteiger partial charge in [0.2, 0.25) is 0 Å². The Bertz CT molecular complexity index is 1050. The van der Waals surface area contributed by atoms with Crippen LogP contribution in [0, 0.1) is 6.92 Å². The highest BCUT2D eigenvalue weighted by Gasteiger charge is 2.22. The Kier molecular flexibility index (Phi) is 5.16. The third kappa shape index (κ3) is 3.94. The monoisotopic (exact) mass is 390 g/mol. The number of nitrogens with one attached hydrogen (secondary N) is 2. The van der Waals surface area contributed by atoms with E-state index in [0.29, 0.717) is 0 Å². The van der Waals surface area contributed by atoms with Crippen LogP contribution in [0.5, 0.6) is 0 Å². The Hall–Kier alpha value is -3.45. The van der Waals surface area contributed by atoms with Gasteiger partial charge in [-0.05, 0) is 48.9 Å². The Morgan fingerprint density at radius 1 is 1.14 bits per heavy atom. The van der Waals surface area contributed by atoms with Crippen LogP contribution in [-0.4, -0.2) is 15.9 Å². The van der Waals surface area contributed by atoms with Crippen molar-refractivity contribution in [3.63, 3.8) is 0 Å². The molecule has 0 radical (unpaired) electrons. The summed E-state index contributed by atoms with van der Waals surface area (Å²) in [6, 6.07) is 14.8. The number of amides is 1. The van der Waals surface area contributed by atoms with Gasteiger partial charge >= 0.3 is 0 Å². The summed E-state index contributed by atoms with van der Waals surface area (Å²) in [5, 5.41) is 7.19. The van der Waals surface area contributed by atoms with E-state index < -0.39 is 0 Å². The van der Waals surface area contributed by atoms with Crippen LogP contribution in [0.25, 0.3) is 0 Å². The molecule has 6 nitrogen and oxygen atoms in total. The van der Waals surface area contributed by atoms with Crippen LogP contribution in [0.3, 0.4) is 0 Å². The molecule has 28 heavy (non-hydrogen) atoms. The lowest BCUT2D eigenvalue weighted by Gasteiger charge is -2.20. The van der Waals surface area contributed by atoms with E-state index in [0.717, 1.165) is 26.8 Å². The molecule has 0 spiro atoms. The summed E-state index contributed by atoms with van der Waals surface area (Å²) < 4.78 is 5.21. The molecule has 0 bridgehead atoms. The minimum atomic E-state index is -0.282. The van der Waals surface area contributed by atoms with E-state index in [1.807, 2.05) is 43.5 Å². The molecule has 1 unspecified atom stereocenters. The van der Waals surface area contributed by atoms with E-state index in [1.165, 1.54) is 17.6 Å². The van der Waals surface area contributed by atoms with Gasteiger partial charge in [0.05, 0.1) is 12.3 Å². The molecule has 2 N–H and O–H groups in total. The van der Waals surface area contributed by atoms with E-state index in [9.17, 15) is 4.79 Å². The second-order valence-corrected chi connectivity index (χ2v) is 7.41. The average molecular weight is 390 g/mol. The van der Waals surface area contributed by atoms with E-state index in [2.05, 4.69) is 26.7 Å². The minimum absolute atomic E-state index is 0.222. The summed E-state index contributed by atoms with van der Waals surface area (Å²) in [5.41, 5.74) is 1.92. The number of aryl methyl sites for hydroxylation is 1. The standard InChI is InChI=1S/C21H18N4O2S/c1-14-12-16(21(28-14)25-20(26)17-7-5-11-27-17)19(15-6-4-9-22-13-15)24-18-8-2-3-10-23-18/h2-13,19H,1H3,(H,23,24)(H,25,26). The number of nitrogens with zero attached hydrogens (tertiary/aromatic N) is 2. The van der Waals surface area contributed by atoms with Crippen molar-refractivity contribution in [3.8, 4) is 0 Å². The van der Waals surface area contributed by atoms with Crippen LogP contribution in [-0.2, 0) is 0 Å². The Morgan fingerprint density at radius 2 is 2.07 bits per heavy atom. The fraction of sp³-hybridized carbons (Fsp3) is 0.0952. The molecule has 1 atom stereocenters. The lowest BCUT2D eigenvalue weighted by atomic mass is 10.0. The predicted octanol–water partition coefficient (Wildman–Crippen LogP) is 4.89. The molecule has 4 heterocycles. The second-order valence-electron chi connectivity index (χ2n) is 6.15. The summed E-state index contributed by atoms with van der Waals surface area (Å²) in [7, 11) is 0. The molecular formula is C21H18N4O2S. The third-order valence-electron chi connectivity index (χ3n) is 4.14. The van der Waals surface area contributed by atoms with Crippen molar-refractivity contribution in [1.82, 2.24) is 9.97 Å². The van der Waals surface area contributed by atoms with Crippen LogP contribution < -0.4 is 10.6 Å². The number of thiophene rings is 1. The zero-order valence-corrected chi connectivity index (χ0v) is 15.9. The molecule has 0 saturated heterocycles. The molecule has 1 amide bonds. The van der Waals surface area contributed by atoms with Crippen LogP contribution >= 0.6 is 11.3 Å². The van der Waals surface area contributed by atoms with Crippen LogP contribution in [0.15, 0.2) is 77.8 Å². The maximum absolute atomic E-state index is 12.5. The van der Waals surface area contributed by atoms with Crippen molar-refractivity contribution >= 4 is 28.1 Å². The molecule has 140 valence electrons. The molecular weight excluding hydrogens is 372 g/mol. The van der Waals surface area contributed by atoms with Crippen molar-refractivity contribution in [1.29, 1.82) is 0 Å². The first-order valence-electron chi connectivity index (χ1n) is 8.73. The third-order valence-corrected chi connectivity index (χ3v) is 5.12. The molecule has 0 aliphatic rings. The number of aromatic nitrogens is 2. The zero-order chi connectivity index (χ0) is 19.3. The number of anilines is 2. The Balaban J connectivity index is 1.71. The van der Waals surface area contributed by atoms with E-state index in [-0.39, 0.29) is 17.7 Å². The summed E-state index contributed by atoms with van der Waals surface area (Å²) >= 11 is 1.52. The molecule has 0 fully saturated rings. The van der Waals surface area contributed by atoms with E-state index in [4.69, 9.17) is 4.42 Å². The van der Waals surface area contributed by atoms with Gasteiger partial charge in [0.25, 0.3) is 5.91 Å². The highest BCUT2D eigenvalue weighted by molar-refractivity contribution is 7.16. The fourth-order valence-electron chi connectivity index (χ4n) is 2.90. The summed E-state index contributed by atoms with van der Waals surface area (Å²) in [6.45, 7) is 2.01. The van der Waals surface area contributed by atoms with Crippen molar-refractivity contribution in [3.05, 3.63) is 95.1 Å². The molecule has 0 aromatic carbocycles. The van der Waals surface area contributed by atoms with Crippen molar-refractivity contribution in [2.45, 2.75) is 13.0 Å². The molecule has 4 aromatic rings. The predicted molar refractivity (Wildman–Crippen MR) is 110 cm³/mol. The van der Waals surface area contributed by atoms with Crippen LogP contribution in [0.4, 0.5) is 10.8 Å². The maximum atomic E-state index is 12.5. The Labute approximate surface area is 166 Å². The van der Waals surface area contributed by atoms with Gasteiger partial charge in [-0.2, -0.15) is 0 Å². The number of pyridine rings is 2. The lowest BCUT2D eigenvalue weighted by molar-refractivity contribution is 0.0997. The van der Waals surface area contributed by atoms with Gasteiger partial charge in [-0.3, -0.25) is 9.78 Å². The quantitative estimate of drug-likeness (QED) is 0.490. The minimum Gasteiger partial charge on any atom is -0.459 e. The van der Waals surface area contributed by atoms with Crippen molar-refractivity contribution in [2.75, 3.05) is 10.6 Å². The topological polar surface area (TPSA) is 80.0 Å². The van der Waals surface area contributed by atoms with Gasteiger partial charge < -0.3 is 15.1 Å². The number of furan rings is 1. The molecule has 4 aromatic heterocycles. The maximum Gasteiger partial charge on any atom is 0.291 e. The lowest BCUT2D eigenvalue weighted by Crippen LogP contribution is -2.17. The molecule has 0 aliphatic heterocycles. The van der Waals surface area contributed by atoms with Gasteiger partial charge in [0.1, 0.15) is 10.8 Å². The summed E-state index contributed by atoms with van der Waals surface area (Å²) in [4.78, 5) is 22.2. The van der Waals surface area contributed by atoms with Gasteiger partial charge in [-0.15, -0.1) is 11.3 Å². The number of carbonyl (C=O) groups excluding carboxylic acids is 1. The van der Waals surface area contributed by atoms with Crippen LogP contribution in [0.2, 0.25) is 0 Å². The fourth-order valence-corrected chi connectivity index (χ4v) is 3.85. The first kappa shape index (κ1) is 17.9. The number of rotatable bonds is 6. The molecule has 0 saturated carbocycles. The first-order valence-corrected chi connectivity index (χ1v) is 9.55. The van der Waals surface area contributed by atoms with Gasteiger partial charge in [0, 0.05) is 29.0 Å². The van der Waals surface area contributed by atoms with Crippen molar-refractivity contribution in [2.24, 2.45) is 0 Å².